The molecule has 3 unspecified atom stereocenters. The molecule has 1 aliphatic heterocycles. The molecule has 31 heavy (non-hydrogen) atoms. The molecular formula is C28H36N2O. The number of hydrogen-bond acceptors (Lipinski definition) is 2. The van der Waals surface area contributed by atoms with Crippen LogP contribution in [0.1, 0.15) is 62.0 Å². The van der Waals surface area contributed by atoms with E-state index in [2.05, 4.69) is 70.9 Å². The second kappa shape index (κ2) is 9.56. The van der Waals surface area contributed by atoms with Gasteiger partial charge < -0.3 is 10.2 Å². The van der Waals surface area contributed by atoms with Gasteiger partial charge in [0.15, 0.2) is 0 Å². The van der Waals surface area contributed by atoms with Gasteiger partial charge in [-0.15, -0.1) is 0 Å². The van der Waals surface area contributed by atoms with Gasteiger partial charge >= 0.3 is 0 Å². The first-order valence-corrected chi connectivity index (χ1v) is 12.4. The summed E-state index contributed by atoms with van der Waals surface area (Å²) in [7, 11) is 0. The van der Waals surface area contributed by atoms with Crippen LogP contribution >= 0.6 is 0 Å². The van der Waals surface area contributed by atoms with Crippen molar-refractivity contribution in [2.24, 2.45) is 17.8 Å². The van der Waals surface area contributed by atoms with Gasteiger partial charge in [0.25, 0.3) is 0 Å². The summed E-state index contributed by atoms with van der Waals surface area (Å²) in [6, 6.07) is 22.2. The van der Waals surface area contributed by atoms with Crippen molar-refractivity contribution in [3.8, 4) is 0 Å². The molecule has 3 nitrogen and oxygen atoms in total. The van der Waals surface area contributed by atoms with E-state index in [9.17, 15) is 4.79 Å². The molecule has 3 atom stereocenters. The number of hydrogen-bond donors (Lipinski definition) is 1. The van der Waals surface area contributed by atoms with Gasteiger partial charge in [-0.25, -0.2) is 0 Å². The summed E-state index contributed by atoms with van der Waals surface area (Å²) >= 11 is 0. The van der Waals surface area contributed by atoms with Crippen molar-refractivity contribution in [3.05, 3.63) is 71.8 Å². The van der Waals surface area contributed by atoms with E-state index in [0.29, 0.717) is 29.7 Å². The normalized spacial score (nSPS) is 26.4. The van der Waals surface area contributed by atoms with E-state index < -0.39 is 0 Å². The minimum absolute atomic E-state index is 0.314. The average molecular weight is 417 g/mol. The molecule has 0 aromatic heterocycles. The molecule has 1 amide bonds. The van der Waals surface area contributed by atoms with Gasteiger partial charge in [0.2, 0.25) is 5.91 Å². The zero-order chi connectivity index (χ0) is 21.0. The molecule has 0 spiro atoms. The highest BCUT2D eigenvalue weighted by Crippen LogP contribution is 2.48. The van der Waals surface area contributed by atoms with Gasteiger partial charge in [-0.2, -0.15) is 0 Å². The number of nitrogens with zero attached hydrogens (tertiary/aromatic N) is 1. The molecule has 2 saturated carbocycles. The fourth-order valence-electron chi connectivity index (χ4n) is 6.38. The Hall–Kier alpha value is -2.13. The lowest BCUT2D eigenvalue weighted by Crippen LogP contribution is -2.47. The highest BCUT2D eigenvalue weighted by molar-refractivity contribution is 5.79. The van der Waals surface area contributed by atoms with Crippen LogP contribution in [-0.2, 0) is 4.79 Å². The SMILES string of the molecule is O=C(NC1CCN(CCC(c2ccccc2)c2ccccc2)CC1)C1CC2CCC1C2. The number of carbonyl (C=O) groups excluding carboxylic acids is 1. The molecule has 1 N–H and O–H groups in total. The first-order chi connectivity index (χ1) is 15.3. The zero-order valence-corrected chi connectivity index (χ0v) is 18.6. The van der Waals surface area contributed by atoms with Crippen LogP contribution in [-0.4, -0.2) is 36.5 Å². The molecular weight excluding hydrogens is 380 g/mol. The van der Waals surface area contributed by atoms with Crippen LogP contribution in [0.15, 0.2) is 60.7 Å². The molecule has 2 aromatic rings. The van der Waals surface area contributed by atoms with Crippen LogP contribution in [0, 0.1) is 17.8 Å². The van der Waals surface area contributed by atoms with E-state index in [1.165, 1.54) is 30.4 Å². The Morgan fingerprint density at radius 1 is 0.871 bits per heavy atom. The van der Waals surface area contributed by atoms with E-state index in [1.54, 1.807) is 0 Å². The summed E-state index contributed by atoms with van der Waals surface area (Å²) in [6.45, 7) is 3.30. The summed E-state index contributed by atoms with van der Waals surface area (Å²) < 4.78 is 0. The third-order valence-corrected chi connectivity index (χ3v) is 8.15. The van der Waals surface area contributed by atoms with E-state index in [1.807, 2.05) is 0 Å². The summed E-state index contributed by atoms with van der Waals surface area (Å²) in [6.07, 6.45) is 8.42. The van der Waals surface area contributed by atoms with Crippen LogP contribution < -0.4 is 5.32 Å². The lowest BCUT2D eigenvalue weighted by Gasteiger charge is -2.34. The van der Waals surface area contributed by atoms with E-state index in [0.717, 1.165) is 51.2 Å². The van der Waals surface area contributed by atoms with Crippen molar-refractivity contribution in [1.82, 2.24) is 10.2 Å². The molecule has 5 rings (SSSR count). The topological polar surface area (TPSA) is 32.3 Å². The standard InChI is InChI=1S/C28H36N2O/c31-28(27-20-21-11-12-24(27)19-21)29-25-13-16-30(17-14-25)18-15-26(22-7-3-1-4-8-22)23-9-5-2-6-10-23/h1-10,21,24-27H,11-20H2,(H,29,31). The van der Waals surface area contributed by atoms with Crippen molar-refractivity contribution in [2.75, 3.05) is 19.6 Å². The van der Waals surface area contributed by atoms with Crippen LogP contribution in [0.3, 0.4) is 0 Å². The molecule has 0 radical (unpaired) electrons. The van der Waals surface area contributed by atoms with Crippen molar-refractivity contribution >= 4 is 5.91 Å². The predicted molar refractivity (Wildman–Crippen MR) is 126 cm³/mol. The largest absolute Gasteiger partial charge is 0.353 e. The number of benzene rings is 2. The highest BCUT2D eigenvalue weighted by Gasteiger charge is 2.43. The lowest BCUT2D eigenvalue weighted by atomic mass is 9.87. The Kier molecular flexibility index (Phi) is 6.40. The van der Waals surface area contributed by atoms with Gasteiger partial charge in [0.1, 0.15) is 0 Å². The lowest BCUT2D eigenvalue weighted by molar-refractivity contribution is -0.127. The first-order valence-electron chi connectivity index (χ1n) is 12.4. The van der Waals surface area contributed by atoms with Crippen molar-refractivity contribution < 1.29 is 4.79 Å². The van der Waals surface area contributed by atoms with Crippen LogP contribution in [0.2, 0.25) is 0 Å². The fraction of sp³-hybridized carbons (Fsp3) is 0.536. The molecule has 3 heteroatoms. The number of rotatable bonds is 7. The quantitative estimate of drug-likeness (QED) is 0.671. The Balaban J connectivity index is 1.12. The summed E-state index contributed by atoms with van der Waals surface area (Å²) in [5, 5.41) is 3.42. The fourth-order valence-corrected chi connectivity index (χ4v) is 6.38. The van der Waals surface area contributed by atoms with Crippen LogP contribution in [0.5, 0.6) is 0 Å². The molecule has 2 aliphatic carbocycles. The monoisotopic (exact) mass is 416 g/mol. The second-order valence-electron chi connectivity index (χ2n) is 10.1. The molecule has 2 bridgehead atoms. The predicted octanol–water partition coefficient (Wildman–Crippen LogP) is 5.23. The third kappa shape index (κ3) is 4.87. The van der Waals surface area contributed by atoms with Gasteiger partial charge in [0, 0.05) is 31.0 Å². The Bertz CT molecular complexity index is 804. The van der Waals surface area contributed by atoms with Crippen LogP contribution in [0.25, 0.3) is 0 Å². The third-order valence-electron chi connectivity index (χ3n) is 8.15. The number of likely N-dealkylation sites (tertiary alicyclic amines) is 1. The minimum Gasteiger partial charge on any atom is -0.353 e. The van der Waals surface area contributed by atoms with Crippen molar-refractivity contribution in [1.29, 1.82) is 0 Å². The summed E-state index contributed by atoms with van der Waals surface area (Å²) in [4.78, 5) is 15.4. The maximum Gasteiger partial charge on any atom is 0.223 e. The Morgan fingerprint density at radius 3 is 2.06 bits per heavy atom. The first kappa shape index (κ1) is 20.8. The minimum atomic E-state index is 0.314. The number of nitrogens with one attached hydrogen (secondary N) is 1. The zero-order valence-electron chi connectivity index (χ0n) is 18.6. The van der Waals surface area contributed by atoms with Crippen molar-refractivity contribution in [3.63, 3.8) is 0 Å². The summed E-state index contributed by atoms with van der Waals surface area (Å²) in [5.74, 6) is 2.63. The van der Waals surface area contributed by atoms with Gasteiger partial charge in [-0.1, -0.05) is 67.1 Å². The van der Waals surface area contributed by atoms with Gasteiger partial charge in [-0.3, -0.25) is 4.79 Å². The number of carbonyl (C=O) groups is 1. The number of amides is 1. The highest BCUT2D eigenvalue weighted by atomic mass is 16.2. The van der Waals surface area contributed by atoms with Crippen molar-refractivity contribution in [2.45, 2.75) is 56.9 Å². The molecule has 2 aromatic carbocycles. The summed E-state index contributed by atoms with van der Waals surface area (Å²) in [5.41, 5.74) is 2.81. The van der Waals surface area contributed by atoms with Crippen LogP contribution in [0.4, 0.5) is 0 Å². The molecule has 1 saturated heterocycles. The molecule has 1 heterocycles. The average Bonchev–Trinajstić information content (AvgIpc) is 3.46. The maximum absolute atomic E-state index is 12.8. The van der Waals surface area contributed by atoms with E-state index >= 15 is 0 Å². The van der Waals surface area contributed by atoms with Gasteiger partial charge in [0.05, 0.1) is 0 Å². The molecule has 3 fully saturated rings. The maximum atomic E-state index is 12.8. The van der Waals surface area contributed by atoms with E-state index in [4.69, 9.17) is 0 Å². The van der Waals surface area contributed by atoms with E-state index in [-0.39, 0.29) is 0 Å². The number of fused-ring (bicyclic) bond motifs is 2. The Morgan fingerprint density at radius 2 is 1.52 bits per heavy atom. The number of piperidine rings is 1. The molecule has 3 aliphatic rings. The van der Waals surface area contributed by atoms with Gasteiger partial charge in [-0.05, 0) is 68.0 Å². The second-order valence-corrected chi connectivity index (χ2v) is 10.1. The Labute approximate surface area is 187 Å². The smallest absolute Gasteiger partial charge is 0.223 e. The molecule has 164 valence electrons.